The van der Waals surface area contributed by atoms with Gasteiger partial charge in [-0.15, -0.1) is 11.3 Å². The summed E-state index contributed by atoms with van der Waals surface area (Å²) in [6, 6.07) is 2.06. The third-order valence-corrected chi connectivity index (χ3v) is 3.33. The van der Waals surface area contributed by atoms with E-state index in [0.717, 1.165) is 18.4 Å². The zero-order valence-electron chi connectivity index (χ0n) is 6.96. The van der Waals surface area contributed by atoms with Crippen molar-refractivity contribution in [3.05, 3.63) is 16.0 Å². The third kappa shape index (κ3) is 1.12. The van der Waals surface area contributed by atoms with Gasteiger partial charge in [-0.2, -0.15) is 5.26 Å². The number of hydrogen-bond acceptors (Lipinski definition) is 4. The molecule has 3 nitrogen and oxygen atoms in total. The maximum Gasteiger partial charge on any atom is 0.173 e. The van der Waals surface area contributed by atoms with E-state index in [1.165, 1.54) is 11.3 Å². The number of nitrogens with zero attached hydrogens (tertiary/aromatic N) is 1. The van der Waals surface area contributed by atoms with Crippen LogP contribution in [0.4, 0.5) is 5.00 Å². The standard InChI is InChI=1S/C9H8N2OS/c10-4-6-5-2-1-3-7(12)8(5)13-9(6)11/h1-3,11H2. The highest BCUT2D eigenvalue weighted by Crippen LogP contribution is 2.35. The predicted octanol–water partition coefficient (Wildman–Crippen LogP) is 1.72. The lowest BCUT2D eigenvalue weighted by Crippen LogP contribution is -2.07. The number of ketones is 1. The Morgan fingerprint density at radius 2 is 2.23 bits per heavy atom. The molecule has 1 aliphatic rings. The normalized spacial score (nSPS) is 15.2. The first kappa shape index (κ1) is 8.27. The van der Waals surface area contributed by atoms with Crippen LogP contribution in [0.1, 0.15) is 33.6 Å². The molecule has 0 unspecified atom stereocenters. The van der Waals surface area contributed by atoms with Gasteiger partial charge in [0.1, 0.15) is 11.1 Å². The average molecular weight is 192 g/mol. The molecule has 0 aromatic carbocycles. The second-order valence-corrected chi connectivity index (χ2v) is 4.09. The molecule has 0 aliphatic heterocycles. The summed E-state index contributed by atoms with van der Waals surface area (Å²) >= 11 is 1.26. The van der Waals surface area contributed by atoms with Gasteiger partial charge in [0.25, 0.3) is 0 Å². The summed E-state index contributed by atoms with van der Waals surface area (Å²) in [5.74, 6) is 0.138. The lowest BCUT2D eigenvalue weighted by Gasteiger charge is -2.08. The molecule has 1 aromatic rings. The monoisotopic (exact) mass is 192 g/mol. The second kappa shape index (κ2) is 2.86. The minimum atomic E-state index is 0.138. The summed E-state index contributed by atoms with van der Waals surface area (Å²) in [5.41, 5.74) is 7.04. The number of carbonyl (C=O) groups excluding carboxylic acids is 1. The maximum atomic E-state index is 11.4. The van der Waals surface area contributed by atoms with E-state index in [4.69, 9.17) is 11.0 Å². The van der Waals surface area contributed by atoms with Crippen molar-refractivity contribution in [3.8, 4) is 6.07 Å². The summed E-state index contributed by atoms with van der Waals surface area (Å²) in [7, 11) is 0. The molecule has 0 atom stereocenters. The summed E-state index contributed by atoms with van der Waals surface area (Å²) < 4.78 is 0. The second-order valence-electron chi connectivity index (χ2n) is 3.04. The first-order valence-electron chi connectivity index (χ1n) is 4.08. The number of hydrogen-bond donors (Lipinski definition) is 1. The van der Waals surface area contributed by atoms with Gasteiger partial charge in [-0.3, -0.25) is 4.79 Å². The molecule has 0 saturated heterocycles. The molecule has 2 N–H and O–H groups in total. The van der Waals surface area contributed by atoms with Crippen LogP contribution in [0.2, 0.25) is 0 Å². The minimum Gasteiger partial charge on any atom is -0.389 e. The molecule has 0 bridgehead atoms. The van der Waals surface area contributed by atoms with E-state index in [1.807, 2.05) is 0 Å². The summed E-state index contributed by atoms with van der Waals surface area (Å²) in [6.45, 7) is 0. The van der Waals surface area contributed by atoms with Crippen molar-refractivity contribution in [3.63, 3.8) is 0 Å². The van der Waals surface area contributed by atoms with E-state index in [2.05, 4.69) is 6.07 Å². The highest BCUT2D eigenvalue weighted by Gasteiger charge is 2.24. The number of thiophene rings is 1. The predicted molar refractivity (Wildman–Crippen MR) is 50.7 cm³/mol. The van der Waals surface area contributed by atoms with E-state index in [0.29, 0.717) is 21.9 Å². The van der Waals surface area contributed by atoms with Crippen molar-refractivity contribution in [2.45, 2.75) is 19.3 Å². The van der Waals surface area contributed by atoms with Crippen molar-refractivity contribution in [1.82, 2.24) is 0 Å². The molecule has 2 rings (SSSR count). The van der Waals surface area contributed by atoms with Crippen molar-refractivity contribution >= 4 is 22.1 Å². The Bertz CT molecular complexity index is 414. The lowest BCUT2D eigenvalue weighted by atomic mass is 9.95. The van der Waals surface area contributed by atoms with Crippen LogP contribution in [-0.2, 0) is 6.42 Å². The van der Waals surface area contributed by atoms with Crippen LogP contribution >= 0.6 is 11.3 Å². The topological polar surface area (TPSA) is 66.9 Å². The van der Waals surface area contributed by atoms with E-state index < -0.39 is 0 Å². The van der Waals surface area contributed by atoms with Crippen LogP contribution < -0.4 is 5.73 Å². The van der Waals surface area contributed by atoms with Crippen molar-refractivity contribution in [1.29, 1.82) is 5.26 Å². The number of nitrogens with two attached hydrogens (primary N) is 1. The first-order chi connectivity index (χ1) is 6.24. The zero-order valence-corrected chi connectivity index (χ0v) is 7.78. The van der Waals surface area contributed by atoms with E-state index in [-0.39, 0.29) is 5.78 Å². The number of Topliss-reactive ketones (excluding diaryl/α,β-unsaturated/α-hetero) is 1. The van der Waals surface area contributed by atoms with Gasteiger partial charge in [0.2, 0.25) is 0 Å². The van der Waals surface area contributed by atoms with Gasteiger partial charge in [-0.05, 0) is 18.4 Å². The first-order valence-corrected chi connectivity index (χ1v) is 4.90. The highest BCUT2D eigenvalue weighted by atomic mass is 32.1. The minimum absolute atomic E-state index is 0.138. The fraction of sp³-hybridized carbons (Fsp3) is 0.333. The zero-order chi connectivity index (χ0) is 9.42. The molecule has 0 amide bonds. The van der Waals surface area contributed by atoms with Crippen LogP contribution in [0.25, 0.3) is 0 Å². The quantitative estimate of drug-likeness (QED) is 0.680. The van der Waals surface area contributed by atoms with Crippen LogP contribution in [0.3, 0.4) is 0 Å². The highest BCUT2D eigenvalue weighted by molar-refractivity contribution is 7.18. The number of anilines is 1. The molecular formula is C9H8N2OS. The number of nitriles is 1. The lowest BCUT2D eigenvalue weighted by molar-refractivity contribution is 0.0977. The third-order valence-electron chi connectivity index (χ3n) is 2.23. The van der Waals surface area contributed by atoms with Crippen molar-refractivity contribution in [2.24, 2.45) is 0 Å². The van der Waals surface area contributed by atoms with Crippen molar-refractivity contribution in [2.75, 3.05) is 5.73 Å². The van der Waals surface area contributed by atoms with Crippen LogP contribution in [-0.4, -0.2) is 5.78 Å². The van der Waals surface area contributed by atoms with Gasteiger partial charge in [0, 0.05) is 6.42 Å². The number of rotatable bonds is 0. The van der Waals surface area contributed by atoms with Gasteiger partial charge >= 0.3 is 0 Å². The molecular weight excluding hydrogens is 184 g/mol. The molecule has 1 heterocycles. The summed E-state index contributed by atoms with van der Waals surface area (Å²) in [5, 5.41) is 9.30. The molecule has 66 valence electrons. The van der Waals surface area contributed by atoms with Crippen molar-refractivity contribution < 1.29 is 4.79 Å². The van der Waals surface area contributed by atoms with Gasteiger partial charge in [0.05, 0.1) is 10.4 Å². The molecule has 0 spiro atoms. The molecule has 1 aliphatic carbocycles. The number of nitrogen functional groups attached to an aromatic ring is 1. The Morgan fingerprint density at radius 3 is 2.92 bits per heavy atom. The SMILES string of the molecule is N#Cc1c(N)sc2c1CCCC2=O. The number of carbonyl (C=O) groups is 1. The van der Waals surface area contributed by atoms with E-state index >= 15 is 0 Å². The molecule has 13 heavy (non-hydrogen) atoms. The number of fused-ring (bicyclic) bond motifs is 1. The van der Waals surface area contributed by atoms with Crippen LogP contribution in [0, 0.1) is 11.3 Å². The van der Waals surface area contributed by atoms with Gasteiger partial charge in [-0.1, -0.05) is 0 Å². The Morgan fingerprint density at radius 1 is 1.46 bits per heavy atom. The van der Waals surface area contributed by atoms with Gasteiger partial charge in [-0.25, -0.2) is 0 Å². The largest absolute Gasteiger partial charge is 0.389 e. The fourth-order valence-electron chi connectivity index (χ4n) is 1.61. The summed E-state index contributed by atoms with van der Waals surface area (Å²) in [6.07, 6.45) is 2.26. The van der Waals surface area contributed by atoms with Crippen LogP contribution in [0.15, 0.2) is 0 Å². The van der Waals surface area contributed by atoms with Gasteiger partial charge in [0.15, 0.2) is 5.78 Å². The summed E-state index contributed by atoms with van der Waals surface area (Å²) in [4.78, 5) is 12.1. The maximum absolute atomic E-state index is 11.4. The average Bonchev–Trinajstić information content (AvgIpc) is 2.43. The molecule has 0 saturated carbocycles. The smallest absolute Gasteiger partial charge is 0.173 e. The molecule has 4 heteroatoms. The molecule has 1 aromatic heterocycles. The molecule has 0 radical (unpaired) electrons. The van der Waals surface area contributed by atoms with E-state index in [1.54, 1.807) is 0 Å². The van der Waals surface area contributed by atoms with Crippen LogP contribution in [0.5, 0.6) is 0 Å². The molecule has 0 fully saturated rings. The Labute approximate surface area is 79.8 Å². The Hall–Kier alpha value is -1.34. The Kier molecular flexibility index (Phi) is 1.82. The fourth-order valence-corrected chi connectivity index (χ4v) is 2.64. The van der Waals surface area contributed by atoms with E-state index in [9.17, 15) is 4.79 Å². The Balaban J connectivity index is 2.64. The van der Waals surface area contributed by atoms with Gasteiger partial charge < -0.3 is 5.73 Å².